The van der Waals surface area contributed by atoms with E-state index < -0.39 is 6.61 Å². The highest BCUT2D eigenvalue weighted by Gasteiger charge is 2.26. The molecule has 2 heterocycles. The first-order valence-electron chi connectivity index (χ1n) is 11.1. The Morgan fingerprint density at radius 2 is 1.91 bits per heavy atom. The Labute approximate surface area is 207 Å². The average molecular weight is 566 g/mol. The van der Waals surface area contributed by atoms with Crippen LogP contribution in [0.2, 0.25) is 0 Å². The van der Waals surface area contributed by atoms with Crippen LogP contribution in [0.5, 0.6) is 5.75 Å². The Bertz CT molecular complexity index is 717. The molecule has 2 aliphatic rings. The smallest absolute Gasteiger partial charge is 0.387 e. The molecule has 2 aliphatic heterocycles. The van der Waals surface area contributed by atoms with Gasteiger partial charge in [0.05, 0.1) is 5.69 Å². The molecule has 0 aromatic heterocycles. The van der Waals surface area contributed by atoms with Gasteiger partial charge in [-0.05, 0) is 31.5 Å². The van der Waals surface area contributed by atoms with E-state index in [2.05, 4.69) is 44.3 Å². The zero-order valence-corrected chi connectivity index (χ0v) is 21.6. The molecule has 2 atom stereocenters. The number of alkyl halides is 2. The molecule has 0 amide bonds. The van der Waals surface area contributed by atoms with Gasteiger partial charge in [0.25, 0.3) is 0 Å². The molecule has 2 saturated heterocycles. The van der Waals surface area contributed by atoms with Gasteiger partial charge in [0.1, 0.15) is 5.75 Å². The molecule has 3 rings (SSSR count). The number of nitrogens with one attached hydrogen (secondary N) is 2. The number of rotatable bonds is 8. The summed E-state index contributed by atoms with van der Waals surface area (Å²) < 4.78 is 30.1. The average Bonchev–Trinajstić information content (AvgIpc) is 3.21. The summed E-state index contributed by atoms with van der Waals surface area (Å²) in [7, 11) is 3.95. The monoisotopic (exact) mass is 566 g/mol. The Morgan fingerprint density at radius 1 is 1.19 bits per heavy atom. The van der Waals surface area contributed by atoms with Crippen molar-refractivity contribution in [3.63, 3.8) is 0 Å². The third kappa shape index (κ3) is 8.18. The molecular formula is C22H37F2IN6O. The van der Waals surface area contributed by atoms with Gasteiger partial charge in [-0.1, -0.05) is 19.1 Å². The molecular weight excluding hydrogens is 529 g/mol. The second-order valence-electron chi connectivity index (χ2n) is 8.58. The zero-order chi connectivity index (χ0) is 22.2. The van der Waals surface area contributed by atoms with E-state index in [0.29, 0.717) is 18.2 Å². The van der Waals surface area contributed by atoms with Crippen molar-refractivity contribution in [1.29, 1.82) is 0 Å². The molecule has 2 unspecified atom stereocenters. The lowest BCUT2D eigenvalue weighted by atomic mass is 10.1. The minimum atomic E-state index is -2.83. The third-order valence-corrected chi connectivity index (χ3v) is 5.96. The van der Waals surface area contributed by atoms with Crippen LogP contribution in [0.15, 0.2) is 29.3 Å². The van der Waals surface area contributed by atoms with Gasteiger partial charge in [-0.15, -0.1) is 24.0 Å². The van der Waals surface area contributed by atoms with Crippen molar-refractivity contribution in [2.24, 2.45) is 10.9 Å². The number of likely N-dealkylation sites (N-methyl/N-ethyl adjacent to an activating group) is 1. The van der Waals surface area contributed by atoms with E-state index in [0.717, 1.165) is 58.2 Å². The van der Waals surface area contributed by atoms with Crippen LogP contribution in [0.25, 0.3) is 0 Å². The van der Waals surface area contributed by atoms with Crippen molar-refractivity contribution in [1.82, 2.24) is 20.4 Å². The Balaban J connectivity index is 0.00000363. The highest BCUT2D eigenvalue weighted by molar-refractivity contribution is 14.0. The molecule has 1 aromatic rings. The lowest BCUT2D eigenvalue weighted by Crippen LogP contribution is -2.49. The Morgan fingerprint density at radius 3 is 2.59 bits per heavy atom. The summed E-state index contributed by atoms with van der Waals surface area (Å²) in [5.74, 6) is 1.52. The van der Waals surface area contributed by atoms with Gasteiger partial charge in [-0.2, -0.15) is 8.78 Å². The van der Waals surface area contributed by atoms with Crippen molar-refractivity contribution < 1.29 is 13.5 Å². The number of benzene rings is 1. The number of nitrogens with zero attached hydrogens (tertiary/aromatic N) is 4. The summed E-state index contributed by atoms with van der Waals surface area (Å²) in [6.07, 6.45) is 0.903. The molecule has 10 heteroatoms. The first-order valence-corrected chi connectivity index (χ1v) is 11.1. The predicted molar refractivity (Wildman–Crippen MR) is 137 cm³/mol. The van der Waals surface area contributed by atoms with Gasteiger partial charge in [0.2, 0.25) is 0 Å². The number of halogens is 3. The fourth-order valence-electron chi connectivity index (χ4n) is 4.21. The van der Waals surface area contributed by atoms with Crippen LogP contribution < -0.4 is 20.3 Å². The minimum Gasteiger partial charge on any atom is -0.433 e. The Hall–Kier alpha value is -1.40. The van der Waals surface area contributed by atoms with E-state index in [4.69, 9.17) is 4.74 Å². The fraction of sp³-hybridized carbons (Fsp3) is 0.682. The van der Waals surface area contributed by atoms with Gasteiger partial charge in [-0.25, -0.2) is 0 Å². The SMILES string of the molecule is CN=C(NCC(C)CN1CCN(C)CC1)NC1CCN(c2ccccc2OC(F)F)C1.I. The third-order valence-electron chi connectivity index (χ3n) is 5.96. The van der Waals surface area contributed by atoms with Gasteiger partial charge in [0.15, 0.2) is 5.96 Å². The van der Waals surface area contributed by atoms with Crippen molar-refractivity contribution in [2.75, 3.05) is 71.4 Å². The summed E-state index contributed by atoms with van der Waals surface area (Å²) in [6, 6.07) is 7.16. The first-order chi connectivity index (χ1) is 14.9. The highest BCUT2D eigenvalue weighted by Crippen LogP contribution is 2.31. The van der Waals surface area contributed by atoms with Gasteiger partial charge in [0, 0.05) is 65.4 Å². The Kier molecular flexibility index (Phi) is 11.2. The number of guanidine groups is 1. The summed E-state index contributed by atoms with van der Waals surface area (Å²) in [5, 5.41) is 6.92. The van der Waals surface area contributed by atoms with E-state index in [1.807, 2.05) is 12.1 Å². The molecule has 32 heavy (non-hydrogen) atoms. The van der Waals surface area contributed by atoms with Gasteiger partial charge >= 0.3 is 6.61 Å². The molecule has 0 bridgehead atoms. The lowest BCUT2D eigenvalue weighted by Gasteiger charge is -2.34. The second kappa shape index (κ2) is 13.3. The van der Waals surface area contributed by atoms with Crippen LogP contribution in [-0.4, -0.2) is 94.9 Å². The number of hydrogen-bond acceptors (Lipinski definition) is 5. The summed E-state index contributed by atoms with van der Waals surface area (Å²) >= 11 is 0. The van der Waals surface area contributed by atoms with E-state index in [1.165, 1.54) is 0 Å². The van der Waals surface area contributed by atoms with Crippen LogP contribution in [0.3, 0.4) is 0 Å². The summed E-state index contributed by atoms with van der Waals surface area (Å²) in [5.41, 5.74) is 0.704. The topological polar surface area (TPSA) is 55.4 Å². The normalized spacial score (nSPS) is 21.4. The molecule has 0 radical (unpaired) electrons. The van der Waals surface area contributed by atoms with Crippen LogP contribution in [0, 0.1) is 5.92 Å². The maximum atomic E-state index is 12.7. The van der Waals surface area contributed by atoms with Crippen LogP contribution in [0.1, 0.15) is 13.3 Å². The highest BCUT2D eigenvalue weighted by atomic mass is 127. The number of anilines is 1. The molecule has 1 aromatic carbocycles. The van der Waals surface area contributed by atoms with E-state index in [1.54, 1.807) is 19.2 Å². The fourth-order valence-corrected chi connectivity index (χ4v) is 4.21. The largest absolute Gasteiger partial charge is 0.433 e. The maximum Gasteiger partial charge on any atom is 0.387 e. The summed E-state index contributed by atoms with van der Waals surface area (Å²) in [4.78, 5) is 11.3. The van der Waals surface area contributed by atoms with Crippen molar-refractivity contribution in [3.05, 3.63) is 24.3 Å². The van der Waals surface area contributed by atoms with E-state index in [-0.39, 0.29) is 35.8 Å². The van der Waals surface area contributed by atoms with Gasteiger partial charge in [-0.3, -0.25) is 4.99 Å². The van der Waals surface area contributed by atoms with E-state index >= 15 is 0 Å². The van der Waals surface area contributed by atoms with Crippen molar-refractivity contribution in [3.8, 4) is 5.75 Å². The molecule has 2 N–H and O–H groups in total. The number of para-hydroxylation sites is 2. The molecule has 0 saturated carbocycles. The lowest BCUT2D eigenvalue weighted by molar-refractivity contribution is -0.0495. The molecule has 0 spiro atoms. The number of ether oxygens (including phenoxy) is 1. The quantitative estimate of drug-likeness (QED) is 0.287. The molecule has 182 valence electrons. The standard InChI is InChI=1S/C22H36F2N6O.HI/c1-17(15-29-12-10-28(3)11-13-29)14-26-22(25-2)27-18-8-9-30(16-18)19-6-4-5-7-20(19)31-21(23)24;/h4-7,17-18,21H,8-16H2,1-3H3,(H2,25,26,27);1H. The summed E-state index contributed by atoms with van der Waals surface area (Å²) in [6.45, 7) is 7.37. The maximum absolute atomic E-state index is 12.7. The van der Waals surface area contributed by atoms with Crippen LogP contribution in [-0.2, 0) is 0 Å². The van der Waals surface area contributed by atoms with E-state index in [9.17, 15) is 8.78 Å². The molecule has 7 nitrogen and oxygen atoms in total. The second-order valence-corrected chi connectivity index (χ2v) is 8.58. The minimum absolute atomic E-state index is 0. The number of piperazine rings is 1. The van der Waals surface area contributed by atoms with Crippen molar-refractivity contribution in [2.45, 2.75) is 26.0 Å². The van der Waals surface area contributed by atoms with Crippen LogP contribution in [0.4, 0.5) is 14.5 Å². The number of aliphatic imine (C=N–C) groups is 1. The van der Waals surface area contributed by atoms with Crippen molar-refractivity contribution >= 4 is 35.6 Å². The first kappa shape index (κ1) is 26.8. The predicted octanol–water partition coefficient (Wildman–Crippen LogP) is 2.53. The van der Waals surface area contributed by atoms with Gasteiger partial charge < -0.3 is 30.1 Å². The molecule has 0 aliphatic carbocycles. The zero-order valence-electron chi connectivity index (χ0n) is 19.3. The number of hydrogen-bond donors (Lipinski definition) is 2. The van der Waals surface area contributed by atoms with Crippen LogP contribution >= 0.6 is 24.0 Å². The molecule has 2 fully saturated rings.